The Kier molecular flexibility index (Phi) is 4.76. The summed E-state index contributed by atoms with van der Waals surface area (Å²) in [6, 6.07) is 11.8. The SMILES string of the molecule is CC(N)CC(=O)N1CCOc2c(O)cc(-c3csc4ccccc34)cc2C1. The van der Waals surface area contributed by atoms with Crippen LogP contribution in [0.4, 0.5) is 0 Å². The number of carbonyl (C=O) groups is 1. The molecule has 0 radical (unpaired) electrons. The van der Waals surface area contributed by atoms with Crippen molar-refractivity contribution in [3.63, 3.8) is 0 Å². The highest BCUT2D eigenvalue weighted by Crippen LogP contribution is 2.41. The van der Waals surface area contributed by atoms with Crippen LogP contribution in [0.15, 0.2) is 41.8 Å². The van der Waals surface area contributed by atoms with Crippen molar-refractivity contribution in [2.45, 2.75) is 25.9 Å². The fourth-order valence-electron chi connectivity index (χ4n) is 3.47. The van der Waals surface area contributed by atoms with E-state index in [-0.39, 0.29) is 17.7 Å². The van der Waals surface area contributed by atoms with Crippen molar-refractivity contribution in [3.8, 4) is 22.6 Å². The zero-order chi connectivity index (χ0) is 19.0. The Labute approximate surface area is 162 Å². The number of amides is 1. The predicted molar refractivity (Wildman–Crippen MR) is 108 cm³/mol. The Bertz CT molecular complexity index is 996. The molecule has 27 heavy (non-hydrogen) atoms. The van der Waals surface area contributed by atoms with Crippen molar-refractivity contribution in [2.75, 3.05) is 13.2 Å². The van der Waals surface area contributed by atoms with E-state index < -0.39 is 0 Å². The second-order valence-electron chi connectivity index (χ2n) is 6.97. The zero-order valence-corrected chi connectivity index (χ0v) is 16.0. The van der Waals surface area contributed by atoms with Gasteiger partial charge in [-0.3, -0.25) is 4.79 Å². The summed E-state index contributed by atoms with van der Waals surface area (Å²) in [4.78, 5) is 14.2. The van der Waals surface area contributed by atoms with Crippen LogP contribution < -0.4 is 10.5 Å². The predicted octanol–water partition coefficient (Wildman–Crippen LogP) is 3.73. The lowest BCUT2D eigenvalue weighted by atomic mass is 10.0. The molecule has 140 valence electrons. The van der Waals surface area contributed by atoms with E-state index in [1.54, 1.807) is 22.3 Å². The van der Waals surface area contributed by atoms with Gasteiger partial charge in [-0.15, -0.1) is 11.3 Å². The molecule has 1 aliphatic heterocycles. The van der Waals surface area contributed by atoms with E-state index in [9.17, 15) is 9.90 Å². The molecule has 3 N–H and O–H groups in total. The van der Waals surface area contributed by atoms with Crippen LogP contribution in [0.2, 0.25) is 0 Å². The smallest absolute Gasteiger partial charge is 0.224 e. The summed E-state index contributed by atoms with van der Waals surface area (Å²) in [5, 5.41) is 13.8. The van der Waals surface area contributed by atoms with E-state index in [1.807, 2.05) is 25.1 Å². The molecule has 0 bridgehead atoms. The summed E-state index contributed by atoms with van der Waals surface area (Å²) >= 11 is 1.68. The van der Waals surface area contributed by atoms with E-state index in [1.165, 1.54) is 4.70 Å². The van der Waals surface area contributed by atoms with Crippen LogP contribution in [0.5, 0.6) is 11.5 Å². The topological polar surface area (TPSA) is 75.8 Å². The molecule has 2 aromatic carbocycles. The average Bonchev–Trinajstić information content (AvgIpc) is 2.93. The van der Waals surface area contributed by atoms with E-state index in [0.29, 0.717) is 31.9 Å². The van der Waals surface area contributed by atoms with Crippen LogP contribution in [-0.2, 0) is 11.3 Å². The van der Waals surface area contributed by atoms with Gasteiger partial charge in [0.15, 0.2) is 11.5 Å². The maximum Gasteiger partial charge on any atom is 0.224 e. The molecule has 3 aromatic rings. The van der Waals surface area contributed by atoms with Crippen molar-refractivity contribution in [1.29, 1.82) is 0 Å². The number of ether oxygens (including phenoxy) is 1. The first kappa shape index (κ1) is 17.8. The number of carbonyl (C=O) groups excluding carboxylic acids is 1. The van der Waals surface area contributed by atoms with Gasteiger partial charge in [-0.2, -0.15) is 0 Å². The van der Waals surface area contributed by atoms with Crippen LogP contribution in [0.1, 0.15) is 18.9 Å². The van der Waals surface area contributed by atoms with Crippen LogP contribution in [-0.4, -0.2) is 35.1 Å². The molecule has 6 heteroatoms. The molecule has 0 fully saturated rings. The van der Waals surface area contributed by atoms with Crippen LogP contribution in [0, 0.1) is 0 Å². The third kappa shape index (κ3) is 3.50. The first-order valence-corrected chi connectivity index (χ1v) is 9.89. The highest BCUT2D eigenvalue weighted by molar-refractivity contribution is 7.17. The van der Waals surface area contributed by atoms with E-state index in [4.69, 9.17) is 10.5 Å². The number of rotatable bonds is 3. The third-order valence-electron chi connectivity index (χ3n) is 4.76. The molecule has 0 saturated carbocycles. The van der Waals surface area contributed by atoms with Crippen molar-refractivity contribution < 1.29 is 14.6 Å². The quantitative estimate of drug-likeness (QED) is 0.724. The highest BCUT2D eigenvalue weighted by atomic mass is 32.1. The fourth-order valence-corrected chi connectivity index (χ4v) is 4.44. The summed E-state index contributed by atoms with van der Waals surface area (Å²) in [7, 11) is 0. The summed E-state index contributed by atoms with van der Waals surface area (Å²) in [6.07, 6.45) is 0.302. The Balaban J connectivity index is 1.73. The maximum atomic E-state index is 12.5. The van der Waals surface area contributed by atoms with Gasteiger partial charge in [0.05, 0.1) is 6.54 Å². The Morgan fingerprint density at radius 1 is 1.37 bits per heavy atom. The van der Waals surface area contributed by atoms with Crippen molar-refractivity contribution >= 4 is 27.3 Å². The van der Waals surface area contributed by atoms with Crippen molar-refractivity contribution in [1.82, 2.24) is 4.90 Å². The largest absolute Gasteiger partial charge is 0.504 e. The van der Waals surface area contributed by atoms with Gasteiger partial charge >= 0.3 is 0 Å². The van der Waals surface area contributed by atoms with Gasteiger partial charge in [-0.05, 0) is 36.1 Å². The number of hydrogen-bond donors (Lipinski definition) is 2. The molecule has 1 aliphatic rings. The van der Waals surface area contributed by atoms with E-state index in [2.05, 4.69) is 17.5 Å². The zero-order valence-electron chi connectivity index (χ0n) is 15.1. The molecule has 1 amide bonds. The Morgan fingerprint density at radius 2 is 2.19 bits per heavy atom. The Hall–Kier alpha value is -2.57. The van der Waals surface area contributed by atoms with Gasteiger partial charge in [0.2, 0.25) is 5.91 Å². The average molecular weight is 382 g/mol. The number of phenols is 1. The third-order valence-corrected chi connectivity index (χ3v) is 5.72. The lowest BCUT2D eigenvalue weighted by molar-refractivity contribution is -0.132. The molecule has 2 heterocycles. The van der Waals surface area contributed by atoms with Gasteiger partial charge in [-0.25, -0.2) is 0 Å². The second kappa shape index (κ2) is 7.21. The fraction of sp³-hybridized carbons (Fsp3) is 0.286. The number of hydrogen-bond acceptors (Lipinski definition) is 5. The van der Waals surface area contributed by atoms with Gasteiger partial charge in [0.1, 0.15) is 6.61 Å². The number of thiophene rings is 1. The molecule has 4 rings (SSSR count). The van der Waals surface area contributed by atoms with Crippen LogP contribution >= 0.6 is 11.3 Å². The number of phenolic OH excluding ortho intramolecular Hbond substituents is 1. The highest BCUT2D eigenvalue weighted by Gasteiger charge is 2.23. The Morgan fingerprint density at radius 3 is 3.00 bits per heavy atom. The first-order chi connectivity index (χ1) is 13.0. The minimum Gasteiger partial charge on any atom is -0.504 e. The number of nitrogens with two attached hydrogens (primary N) is 1. The molecule has 0 aliphatic carbocycles. The van der Waals surface area contributed by atoms with Crippen molar-refractivity contribution in [2.24, 2.45) is 5.73 Å². The summed E-state index contributed by atoms with van der Waals surface area (Å²) in [6.45, 7) is 3.07. The number of benzene rings is 2. The van der Waals surface area contributed by atoms with E-state index in [0.717, 1.165) is 22.1 Å². The van der Waals surface area contributed by atoms with Crippen LogP contribution in [0.25, 0.3) is 21.2 Å². The molecule has 0 saturated heterocycles. The number of fused-ring (bicyclic) bond motifs is 2. The molecule has 1 atom stereocenters. The monoisotopic (exact) mass is 382 g/mol. The van der Waals surface area contributed by atoms with Gasteiger partial charge in [0, 0.05) is 40.2 Å². The molecular weight excluding hydrogens is 360 g/mol. The lowest BCUT2D eigenvalue weighted by Gasteiger charge is -2.21. The van der Waals surface area contributed by atoms with Gasteiger partial charge in [0.25, 0.3) is 0 Å². The maximum absolute atomic E-state index is 12.5. The minimum atomic E-state index is -0.182. The minimum absolute atomic E-state index is 0.00678. The number of nitrogens with zero attached hydrogens (tertiary/aromatic N) is 1. The first-order valence-electron chi connectivity index (χ1n) is 9.01. The summed E-state index contributed by atoms with van der Waals surface area (Å²) < 4.78 is 6.95. The summed E-state index contributed by atoms with van der Waals surface area (Å²) in [5.74, 6) is 0.584. The van der Waals surface area contributed by atoms with Crippen LogP contribution in [0.3, 0.4) is 0 Å². The lowest BCUT2D eigenvalue weighted by Crippen LogP contribution is -2.35. The van der Waals surface area contributed by atoms with Gasteiger partial charge in [-0.1, -0.05) is 18.2 Å². The van der Waals surface area contributed by atoms with Crippen molar-refractivity contribution in [3.05, 3.63) is 47.3 Å². The normalized spacial score (nSPS) is 15.1. The van der Waals surface area contributed by atoms with E-state index >= 15 is 0 Å². The second-order valence-corrected chi connectivity index (χ2v) is 7.89. The standard InChI is InChI=1S/C21H22N2O3S/c1-13(22)8-20(25)23-6-7-26-21-15(11-23)9-14(10-18(21)24)17-12-27-19-5-3-2-4-16(17)19/h2-5,9-10,12-13,24H,6-8,11,22H2,1H3. The molecule has 1 aromatic heterocycles. The number of aromatic hydroxyl groups is 1. The molecule has 1 unspecified atom stereocenters. The van der Waals surface area contributed by atoms with Gasteiger partial charge < -0.3 is 20.5 Å². The molecular formula is C21H22N2O3S. The summed E-state index contributed by atoms with van der Waals surface area (Å²) in [5.41, 5.74) is 8.60. The molecule has 0 spiro atoms. The molecule has 5 nitrogen and oxygen atoms in total.